The lowest BCUT2D eigenvalue weighted by Gasteiger charge is -2.07. The number of aromatic amines is 1. The summed E-state index contributed by atoms with van der Waals surface area (Å²) < 4.78 is 0. The summed E-state index contributed by atoms with van der Waals surface area (Å²) in [7, 11) is 0. The van der Waals surface area contributed by atoms with Crippen LogP contribution >= 0.6 is 11.3 Å². The quantitative estimate of drug-likeness (QED) is 0.681. The fraction of sp³-hybridized carbons (Fsp3) is 0.0769. The van der Waals surface area contributed by atoms with E-state index < -0.39 is 5.91 Å². The second kappa shape index (κ2) is 4.74. The molecule has 0 bridgehead atoms. The summed E-state index contributed by atoms with van der Waals surface area (Å²) in [5.41, 5.74) is 8.07. The standard InChI is InChI=1S/C13H12N4OS/c14-12(18)11-10(3-6-19-11)17-7-8-1-4-15-13-9(8)2-5-16-13/h1-6,17H,7H2,(H2,14,18)(H,15,16). The molecule has 5 nitrogen and oxygen atoms in total. The van der Waals surface area contributed by atoms with Gasteiger partial charge in [-0.15, -0.1) is 11.3 Å². The molecule has 19 heavy (non-hydrogen) atoms. The van der Waals surface area contributed by atoms with Crippen molar-refractivity contribution in [2.75, 3.05) is 5.32 Å². The van der Waals surface area contributed by atoms with Crippen molar-refractivity contribution < 1.29 is 4.79 Å². The first kappa shape index (κ1) is 11.7. The highest BCUT2D eigenvalue weighted by Gasteiger charge is 2.10. The molecule has 4 N–H and O–H groups in total. The van der Waals surface area contributed by atoms with Gasteiger partial charge < -0.3 is 16.0 Å². The number of primary amides is 1. The number of H-pyrrole nitrogens is 1. The second-order valence-corrected chi connectivity index (χ2v) is 5.01. The number of fused-ring (bicyclic) bond motifs is 1. The largest absolute Gasteiger partial charge is 0.380 e. The van der Waals surface area contributed by atoms with Crippen molar-refractivity contribution >= 4 is 34.0 Å². The van der Waals surface area contributed by atoms with Crippen LogP contribution in [0.4, 0.5) is 5.69 Å². The van der Waals surface area contributed by atoms with E-state index in [1.807, 2.05) is 29.8 Å². The highest BCUT2D eigenvalue weighted by atomic mass is 32.1. The molecule has 0 unspecified atom stereocenters. The van der Waals surface area contributed by atoms with Crippen molar-refractivity contribution in [3.8, 4) is 0 Å². The number of amides is 1. The highest BCUT2D eigenvalue weighted by molar-refractivity contribution is 7.12. The van der Waals surface area contributed by atoms with E-state index >= 15 is 0 Å². The van der Waals surface area contributed by atoms with Crippen LogP contribution in [0.1, 0.15) is 15.2 Å². The molecule has 3 aromatic heterocycles. The van der Waals surface area contributed by atoms with Crippen LogP contribution in [-0.2, 0) is 6.54 Å². The van der Waals surface area contributed by atoms with Crippen LogP contribution in [-0.4, -0.2) is 15.9 Å². The van der Waals surface area contributed by atoms with Gasteiger partial charge in [-0.2, -0.15) is 0 Å². The first-order valence-corrected chi connectivity index (χ1v) is 6.66. The lowest BCUT2D eigenvalue weighted by atomic mass is 10.2. The van der Waals surface area contributed by atoms with Crippen LogP contribution in [0, 0.1) is 0 Å². The number of aromatic nitrogens is 2. The van der Waals surface area contributed by atoms with E-state index in [-0.39, 0.29) is 0 Å². The van der Waals surface area contributed by atoms with Gasteiger partial charge >= 0.3 is 0 Å². The summed E-state index contributed by atoms with van der Waals surface area (Å²) >= 11 is 1.34. The van der Waals surface area contributed by atoms with E-state index in [2.05, 4.69) is 15.3 Å². The number of rotatable bonds is 4. The maximum absolute atomic E-state index is 11.2. The van der Waals surface area contributed by atoms with Crippen molar-refractivity contribution in [3.63, 3.8) is 0 Å². The Balaban J connectivity index is 1.84. The molecule has 1 amide bonds. The molecular formula is C13H12N4OS. The van der Waals surface area contributed by atoms with E-state index in [0.717, 1.165) is 22.3 Å². The fourth-order valence-corrected chi connectivity index (χ4v) is 2.73. The van der Waals surface area contributed by atoms with E-state index in [1.54, 1.807) is 6.20 Å². The maximum atomic E-state index is 11.2. The predicted molar refractivity (Wildman–Crippen MR) is 76.3 cm³/mol. The van der Waals surface area contributed by atoms with Crippen LogP contribution in [0.2, 0.25) is 0 Å². The Hall–Kier alpha value is -2.34. The molecule has 0 saturated heterocycles. The number of nitrogens with two attached hydrogens (primary N) is 1. The van der Waals surface area contributed by atoms with Crippen LogP contribution in [0.25, 0.3) is 11.0 Å². The van der Waals surface area contributed by atoms with E-state index in [9.17, 15) is 4.79 Å². The zero-order valence-corrected chi connectivity index (χ0v) is 10.8. The summed E-state index contributed by atoms with van der Waals surface area (Å²) in [6.45, 7) is 0.619. The third-order valence-corrected chi connectivity index (χ3v) is 3.84. The van der Waals surface area contributed by atoms with Gasteiger partial charge in [0.15, 0.2) is 0 Å². The Morgan fingerprint density at radius 2 is 2.32 bits per heavy atom. The first-order chi connectivity index (χ1) is 9.25. The predicted octanol–water partition coefficient (Wildman–Crippen LogP) is 2.34. The lowest BCUT2D eigenvalue weighted by molar-refractivity contribution is 0.100. The van der Waals surface area contributed by atoms with Gasteiger partial charge in [-0.1, -0.05) is 0 Å². The Kier molecular flexibility index (Phi) is 2.92. The molecule has 0 aromatic carbocycles. The number of pyridine rings is 1. The number of hydrogen-bond acceptors (Lipinski definition) is 4. The van der Waals surface area contributed by atoms with Crippen molar-refractivity contribution in [1.29, 1.82) is 0 Å². The molecular weight excluding hydrogens is 260 g/mol. The average molecular weight is 272 g/mol. The molecule has 3 rings (SSSR count). The summed E-state index contributed by atoms with van der Waals surface area (Å²) in [6.07, 6.45) is 3.62. The number of carbonyl (C=O) groups is 1. The minimum absolute atomic E-state index is 0.404. The average Bonchev–Trinajstić information content (AvgIpc) is 3.04. The molecule has 0 aliphatic heterocycles. The summed E-state index contributed by atoms with van der Waals surface area (Å²) in [6, 6.07) is 5.81. The summed E-state index contributed by atoms with van der Waals surface area (Å²) in [5, 5.41) is 6.16. The Bertz CT molecular complexity index is 731. The zero-order valence-electron chi connectivity index (χ0n) is 10.0. The molecule has 0 aliphatic carbocycles. The molecule has 0 radical (unpaired) electrons. The topological polar surface area (TPSA) is 83.8 Å². The molecule has 96 valence electrons. The Morgan fingerprint density at radius 3 is 3.16 bits per heavy atom. The van der Waals surface area contributed by atoms with Gasteiger partial charge in [0, 0.05) is 24.3 Å². The molecule has 0 fully saturated rings. The Labute approximate surface area is 113 Å². The number of anilines is 1. The fourth-order valence-electron chi connectivity index (χ4n) is 2.00. The number of hydrogen-bond donors (Lipinski definition) is 3. The zero-order chi connectivity index (χ0) is 13.2. The van der Waals surface area contributed by atoms with Crippen LogP contribution in [0.3, 0.4) is 0 Å². The van der Waals surface area contributed by atoms with Gasteiger partial charge in [0.25, 0.3) is 5.91 Å². The van der Waals surface area contributed by atoms with Crippen molar-refractivity contribution in [1.82, 2.24) is 9.97 Å². The number of nitrogens with zero attached hydrogens (tertiary/aromatic N) is 1. The molecule has 0 saturated carbocycles. The highest BCUT2D eigenvalue weighted by Crippen LogP contribution is 2.23. The molecule has 3 aromatic rings. The van der Waals surface area contributed by atoms with Crippen LogP contribution in [0.15, 0.2) is 36.0 Å². The van der Waals surface area contributed by atoms with Gasteiger partial charge in [0.2, 0.25) is 0 Å². The monoisotopic (exact) mass is 272 g/mol. The van der Waals surface area contributed by atoms with E-state index in [1.165, 1.54) is 11.3 Å². The molecule has 6 heteroatoms. The number of carbonyl (C=O) groups excluding carboxylic acids is 1. The summed E-state index contributed by atoms with van der Waals surface area (Å²) in [4.78, 5) is 19.1. The molecule has 3 heterocycles. The van der Waals surface area contributed by atoms with Crippen molar-refractivity contribution in [2.24, 2.45) is 5.73 Å². The smallest absolute Gasteiger partial charge is 0.260 e. The van der Waals surface area contributed by atoms with Crippen molar-refractivity contribution in [3.05, 3.63) is 46.4 Å². The van der Waals surface area contributed by atoms with E-state index in [4.69, 9.17) is 5.73 Å². The number of thiophene rings is 1. The lowest BCUT2D eigenvalue weighted by Crippen LogP contribution is -2.11. The SMILES string of the molecule is NC(=O)c1sccc1NCc1ccnc2[nH]ccc12. The van der Waals surface area contributed by atoms with E-state index in [0.29, 0.717) is 11.4 Å². The maximum Gasteiger partial charge on any atom is 0.260 e. The molecule has 0 aliphatic rings. The van der Waals surface area contributed by atoms with Crippen molar-refractivity contribution in [2.45, 2.75) is 6.54 Å². The Morgan fingerprint density at radius 1 is 1.42 bits per heavy atom. The van der Waals surface area contributed by atoms with Crippen LogP contribution < -0.4 is 11.1 Å². The first-order valence-electron chi connectivity index (χ1n) is 5.78. The van der Waals surface area contributed by atoms with Gasteiger partial charge in [0.05, 0.1) is 5.69 Å². The van der Waals surface area contributed by atoms with Gasteiger partial charge in [-0.25, -0.2) is 4.98 Å². The minimum Gasteiger partial charge on any atom is -0.380 e. The van der Waals surface area contributed by atoms with Gasteiger partial charge in [0.1, 0.15) is 10.5 Å². The third-order valence-electron chi connectivity index (χ3n) is 2.91. The molecule has 0 atom stereocenters. The normalized spacial score (nSPS) is 10.7. The van der Waals surface area contributed by atoms with Gasteiger partial charge in [-0.3, -0.25) is 4.79 Å². The minimum atomic E-state index is -0.404. The van der Waals surface area contributed by atoms with Gasteiger partial charge in [-0.05, 0) is 29.1 Å². The third kappa shape index (κ3) is 2.17. The second-order valence-electron chi connectivity index (χ2n) is 4.09. The molecule has 0 spiro atoms. The van der Waals surface area contributed by atoms with Crippen LogP contribution in [0.5, 0.6) is 0 Å². The summed E-state index contributed by atoms with van der Waals surface area (Å²) in [5.74, 6) is -0.404. The number of nitrogens with one attached hydrogen (secondary N) is 2.